The van der Waals surface area contributed by atoms with Crippen LogP contribution in [0.4, 0.5) is 5.82 Å². The third-order valence-electron chi connectivity index (χ3n) is 5.33. The van der Waals surface area contributed by atoms with Crippen LogP contribution in [0.2, 0.25) is 0 Å². The van der Waals surface area contributed by atoms with E-state index in [2.05, 4.69) is 20.5 Å². The number of fused-ring (bicyclic) bond motifs is 1. The number of methoxy groups -OCH3 is 2. The number of nitrogens with one attached hydrogen (secondary N) is 2. The average Bonchev–Trinajstić information content (AvgIpc) is 3.25. The van der Waals surface area contributed by atoms with Crippen molar-refractivity contribution in [2.45, 2.75) is 26.4 Å². The Morgan fingerprint density at radius 3 is 2.59 bits per heavy atom. The minimum absolute atomic E-state index is 0.109. The Hall–Kier alpha value is -4.41. The number of ether oxygens (including phenoxy) is 2. The lowest BCUT2D eigenvalue weighted by molar-refractivity contribution is -0.116. The number of nitrogens with zero attached hydrogens (tertiary/aromatic N) is 4. The zero-order valence-electron chi connectivity index (χ0n) is 19.0. The van der Waals surface area contributed by atoms with E-state index in [4.69, 9.17) is 9.47 Å². The second kappa shape index (κ2) is 9.61. The molecular formula is C23H24N6O5. The summed E-state index contributed by atoms with van der Waals surface area (Å²) in [6.07, 6.45) is 1.86. The van der Waals surface area contributed by atoms with Crippen molar-refractivity contribution in [3.63, 3.8) is 0 Å². The first kappa shape index (κ1) is 22.8. The molecule has 1 aromatic carbocycles. The van der Waals surface area contributed by atoms with Crippen molar-refractivity contribution in [2.24, 2.45) is 0 Å². The highest BCUT2D eigenvalue weighted by atomic mass is 16.5. The van der Waals surface area contributed by atoms with E-state index in [9.17, 15) is 14.4 Å². The Morgan fingerprint density at radius 1 is 1.09 bits per heavy atom. The maximum absolute atomic E-state index is 13.3. The van der Waals surface area contributed by atoms with Gasteiger partial charge in [-0.05, 0) is 43.2 Å². The number of pyridine rings is 1. The van der Waals surface area contributed by atoms with Crippen LogP contribution in [-0.2, 0) is 24.3 Å². The minimum atomic E-state index is -0.620. The van der Waals surface area contributed by atoms with Gasteiger partial charge in [-0.15, -0.1) is 0 Å². The summed E-state index contributed by atoms with van der Waals surface area (Å²) in [5.41, 5.74) is 0.697. The number of amides is 1. The highest BCUT2D eigenvalue weighted by Gasteiger charge is 2.17. The molecule has 1 amide bonds. The Bertz CT molecular complexity index is 1470. The Balaban J connectivity index is 1.67. The Morgan fingerprint density at radius 2 is 1.88 bits per heavy atom. The van der Waals surface area contributed by atoms with Crippen LogP contribution in [0.3, 0.4) is 0 Å². The molecule has 4 rings (SSSR count). The minimum Gasteiger partial charge on any atom is -0.493 e. The van der Waals surface area contributed by atoms with Crippen LogP contribution in [0.1, 0.15) is 11.3 Å². The predicted molar refractivity (Wildman–Crippen MR) is 125 cm³/mol. The normalized spacial score (nSPS) is 10.9. The van der Waals surface area contributed by atoms with E-state index in [1.807, 2.05) is 6.07 Å². The molecule has 0 aliphatic rings. The molecule has 0 radical (unpaired) electrons. The maximum atomic E-state index is 13.3. The molecule has 4 aromatic rings. The smallest absolute Gasteiger partial charge is 0.333 e. The number of carbonyl (C=O) groups is 1. The quantitative estimate of drug-likeness (QED) is 0.404. The zero-order valence-corrected chi connectivity index (χ0v) is 19.0. The van der Waals surface area contributed by atoms with E-state index >= 15 is 0 Å². The van der Waals surface area contributed by atoms with E-state index in [1.165, 1.54) is 17.9 Å². The summed E-state index contributed by atoms with van der Waals surface area (Å²) in [6.45, 7) is 1.59. The second-order valence-electron chi connectivity index (χ2n) is 7.62. The summed E-state index contributed by atoms with van der Waals surface area (Å²) < 4.78 is 12.9. The molecule has 0 aliphatic carbocycles. The Labute approximate surface area is 194 Å². The van der Waals surface area contributed by atoms with E-state index in [0.717, 1.165) is 15.8 Å². The highest BCUT2D eigenvalue weighted by molar-refractivity contribution is 5.90. The van der Waals surface area contributed by atoms with Gasteiger partial charge in [0.25, 0.3) is 5.56 Å². The van der Waals surface area contributed by atoms with Gasteiger partial charge >= 0.3 is 5.69 Å². The van der Waals surface area contributed by atoms with E-state index in [-0.39, 0.29) is 24.1 Å². The first-order chi connectivity index (χ1) is 16.4. The maximum Gasteiger partial charge on any atom is 0.333 e. The first-order valence-electron chi connectivity index (χ1n) is 10.5. The van der Waals surface area contributed by atoms with Gasteiger partial charge in [-0.1, -0.05) is 6.07 Å². The van der Waals surface area contributed by atoms with Crippen molar-refractivity contribution < 1.29 is 14.3 Å². The lowest BCUT2D eigenvalue weighted by atomic mass is 10.1. The fourth-order valence-electron chi connectivity index (χ4n) is 3.67. The number of anilines is 1. The van der Waals surface area contributed by atoms with Gasteiger partial charge in [-0.25, -0.2) is 9.78 Å². The molecule has 0 atom stereocenters. The van der Waals surface area contributed by atoms with Gasteiger partial charge in [0.05, 0.1) is 19.6 Å². The molecule has 3 heterocycles. The fourth-order valence-corrected chi connectivity index (χ4v) is 3.67. The SMILES string of the molecule is COc1ccc(CCn2c(=O)c3cccnc3n(CC(=O)Nc3cc(C)[nH]n3)c2=O)cc1OC. The first-order valence-corrected chi connectivity index (χ1v) is 10.5. The van der Waals surface area contributed by atoms with E-state index in [1.54, 1.807) is 44.4 Å². The predicted octanol–water partition coefficient (Wildman–Crippen LogP) is 1.49. The van der Waals surface area contributed by atoms with E-state index < -0.39 is 17.2 Å². The topological polar surface area (TPSA) is 133 Å². The van der Waals surface area contributed by atoms with Crippen molar-refractivity contribution in [1.29, 1.82) is 0 Å². The number of rotatable bonds is 8. The molecule has 0 saturated carbocycles. The summed E-state index contributed by atoms with van der Waals surface area (Å²) in [6, 6.07) is 10.3. The molecule has 3 aromatic heterocycles. The molecule has 34 heavy (non-hydrogen) atoms. The molecule has 0 bridgehead atoms. The monoisotopic (exact) mass is 464 g/mol. The summed E-state index contributed by atoms with van der Waals surface area (Å²) in [4.78, 5) is 43.2. The number of hydrogen-bond acceptors (Lipinski definition) is 7. The largest absolute Gasteiger partial charge is 0.493 e. The van der Waals surface area contributed by atoms with Crippen molar-refractivity contribution in [3.8, 4) is 11.5 Å². The van der Waals surface area contributed by atoms with Crippen molar-refractivity contribution in [2.75, 3.05) is 19.5 Å². The number of H-pyrrole nitrogens is 1. The van der Waals surface area contributed by atoms with Crippen LogP contribution in [0.15, 0.2) is 52.2 Å². The number of carbonyl (C=O) groups excluding carboxylic acids is 1. The molecule has 0 unspecified atom stereocenters. The summed E-state index contributed by atoms with van der Waals surface area (Å²) in [7, 11) is 3.09. The standard InChI is InChI=1S/C23H24N6O5/c1-14-11-19(27-26-14)25-20(30)13-29-21-16(5-4-9-24-21)22(31)28(23(29)32)10-8-15-6-7-17(33-2)18(12-15)34-3/h4-7,9,11-12H,8,10,13H2,1-3H3,(H2,25,26,27,30). The molecular weight excluding hydrogens is 440 g/mol. The zero-order chi connectivity index (χ0) is 24.2. The van der Waals surface area contributed by atoms with Gasteiger partial charge in [-0.2, -0.15) is 5.10 Å². The number of aromatic nitrogens is 5. The number of aryl methyl sites for hydroxylation is 2. The summed E-state index contributed by atoms with van der Waals surface area (Å²) in [5, 5.41) is 9.59. The van der Waals surface area contributed by atoms with E-state index in [0.29, 0.717) is 23.7 Å². The Kier molecular flexibility index (Phi) is 6.44. The molecule has 11 heteroatoms. The van der Waals surface area contributed by atoms with Crippen LogP contribution < -0.4 is 26.0 Å². The number of hydrogen-bond donors (Lipinski definition) is 2. The third kappa shape index (κ3) is 4.53. The van der Waals surface area contributed by atoms with Gasteiger partial charge in [0.1, 0.15) is 12.2 Å². The molecule has 2 N–H and O–H groups in total. The van der Waals surface area contributed by atoms with Gasteiger partial charge < -0.3 is 14.8 Å². The molecule has 0 fully saturated rings. The van der Waals surface area contributed by atoms with Crippen LogP contribution >= 0.6 is 0 Å². The number of benzene rings is 1. The van der Waals surface area contributed by atoms with Crippen LogP contribution in [-0.4, -0.2) is 44.4 Å². The molecule has 0 saturated heterocycles. The van der Waals surface area contributed by atoms with Crippen LogP contribution in [0.25, 0.3) is 11.0 Å². The summed E-state index contributed by atoms with van der Waals surface area (Å²) in [5.74, 6) is 1.01. The third-order valence-corrected chi connectivity index (χ3v) is 5.33. The van der Waals surface area contributed by atoms with Crippen molar-refractivity contribution >= 4 is 22.8 Å². The molecule has 176 valence electrons. The molecule has 0 aliphatic heterocycles. The van der Waals surface area contributed by atoms with Gasteiger partial charge in [0.2, 0.25) is 5.91 Å². The lowest BCUT2D eigenvalue weighted by Gasteiger charge is -2.14. The fraction of sp³-hybridized carbons (Fsp3) is 0.261. The highest BCUT2D eigenvalue weighted by Crippen LogP contribution is 2.27. The van der Waals surface area contributed by atoms with Crippen LogP contribution in [0, 0.1) is 6.92 Å². The lowest BCUT2D eigenvalue weighted by Crippen LogP contribution is -2.42. The van der Waals surface area contributed by atoms with Gasteiger partial charge in [0, 0.05) is 24.5 Å². The van der Waals surface area contributed by atoms with Crippen molar-refractivity contribution in [1.82, 2.24) is 24.3 Å². The van der Waals surface area contributed by atoms with Crippen molar-refractivity contribution in [3.05, 3.63) is 74.7 Å². The van der Waals surface area contributed by atoms with Gasteiger partial charge in [0.15, 0.2) is 17.3 Å². The summed E-state index contributed by atoms with van der Waals surface area (Å²) >= 11 is 0. The van der Waals surface area contributed by atoms with Gasteiger partial charge in [-0.3, -0.25) is 23.8 Å². The van der Waals surface area contributed by atoms with Crippen LogP contribution in [0.5, 0.6) is 11.5 Å². The second-order valence-corrected chi connectivity index (χ2v) is 7.62. The molecule has 11 nitrogen and oxygen atoms in total. The molecule has 0 spiro atoms. The average molecular weight is 464 g/mol. The number of aromatic amines is 1.